The lowest BCUT2D eigenvalue weighted by Crippen LogP contribution is -2.08. The molecule has 0 fully saturated rings. The van der Waals surface area contributed by atoms with Crippen molar-refractivity contribution in [2.24, 2.45) is 0 Å². The normalized spacial score (nSPS) is 10.5. The van der Waals surface area contributed by atoms with E-state index in [-0.39, 0.29) is 0 Å². The maximum Gasteiger partial charge on any atom is 0.224 e. The Balaban J connectivity index is 1.60. The highest BCUT2D eigenvalue weighted by molar-refractivity contribution is 6.30. The molecule has 0 atom stereocenters. The summed E-state index contributed by atoms with van der Waals surface area (Å²) in [7, 11) is 0. The summed E-state index contributed by atoms with van der Waals surface area (Å²) in [5.74, 6) is -0.892. The molecule has 2 aromatic carbocycles. The highest BCUT2D eigenvalue weighted by Crippen LogP contribution is 2.18. The van der Waals surface area contributed by atoms with E-state index in [4.69, 9.17) is 11.6 Å². The number of aromatic nitrogens is 2. The molecule has 1 heterocycles. The molecule has 4 nitrogen and oxygen atoms in total. The van der Waals surface area contributed by atoms with Crippen LogP contribution in [0.4, 0.5) is 26.2 Å². The van der Waals surface area contributed by atoms with Crippen LogP contribution in [0.2, 0.25) is 5.02 Å². The molecule has 0 radical (unpaired) electrons. The van der Waals surface area contributed by atoms with Crippen molar-refractivity contribution in [2.45, 2.75) is 6.42 Å². The van der Waals surface area contributed by atoms with Crippen LogP contribution in [0.5, 0.6) is 0 Å². The fourth-order valence-electron chi connectivity index (χ4n) is 2.25. The van der Waals surface area contributed by atoms with Gasteiger partial charge in [0.15, 0.2) is 11.6 Å². The van der Waals surface area contributed by atoms with Crippen molar-refractivity contribution < 1.29 is 8.78 Å². The Labute approximate surface area is 148 Å². The maximum atomic E-state index is 13.2. The van der Waals surface area contributed by atoms with E-state index in [1.54, 1.807) is 12.3 Å². The van der Waals surface area contributed by atoms with Crippen LogP contribution in [0.3, 0.4) is 0 Å². The number of nitrogens with one attached hydrogen (secondary N) is 2. The van der Waals surface area contributed by atoms with E-state index >= 15 is 0 Å². The molecule has 128 valence electrons. The van der Waals surface area contributed by atoms with Gasteiger partial charge in [-0.1, -0.05) is 23.7 Å². The molecule has 0 unspecified atom stereocenters. The SMILES string of the molecule is Fc1ccc(Nc2ccnc(NCCc3cccc(Cl)c3)n2)cc1F. The van der Waals surface area contributed by atoms with Gasteiger partial charge in [-0.3, -0.25) is 0 Å². The predicted molar refractivity (Wildman–Crippen MR) is 95.3 cm³/mol. The molecule has 1 aromatic heterocycles. The molecule has 0 amide bonds. The predicted octanol–water partition coefficient (Wildman–Crippen LogP) is 4.81. The Bertz CT molecular complexity index is 873. The molecule has 3 rings (SSSR count). The van der Waals surface area contributed by atoms with E-state index in [2.05, 4.69) is 20.6 Å². The van der Waals surface area contributed by atoms with Crippen molar-refractivity contribution in [1.82, 2.24) is 9.97 Å². The summed E-state index contributed by atoms with van der Waals surface area (Å²) in [5.41, 5.74) is 1.51. The second kappa shape index (κ2) is 7.90. The lowest BCUT2D eigenvalue weighted by Gasteiger charge is -2.09. The van der Waals surface area contributed by atoms with Gasteiger partial charge in [0.2, 0.25) is 5.95 Å². The summed E-state index contributed by atoms with van der Waals surface area (Å²) >= 11 is 5.96. The summed E-state index contributed by atoms with van der Waals surface area (Å²) < 4.78 is 26.2. The van der Waals surface area contributed by atoms with Crippen LogP contribution in [0, 0.1) is 11.6 Å². The van der Waals surface area contributed by atoms with E-state index < -0.39 is 11.6 Å². The van der Waals surface area contributed by atoms with Gasteiger partial charge in [0, 0.05) is 29.5 Å². The lowest BCUT2D eigenvalue weighted by atomic mass is 10.1. The number of benzene rings is 2. The topological polar surface area (TPSA) is 49.8 Å². The van der Waals surface area contributed by atoms with Crippen LogP contribution in [0.25, 0.3) is 0 Å². The molecule has 0 aliphatic rings. The molecule has 2 N–H and O–H groups in total. The summed E-state index contributed by atoms with van der Waals surface area (Å²) in [6, 6.07) is 12.8. The Hall–Kier alpha value is -2.73. The number of hydrogen-bond acceptors (Lipinski definition) is 4. The molecule has 7 heteroatoms. The quantitative estimate of drug-likeness (QED) is 0.662. The second-order valence-corrected chi connectivity index (χ2v) is 5.76. The Kier molecular flexibility index (Phi) is 5.40. The molecule has 0 saturated carbocycles. The van der Waals surface area contributed by atoms with Crippen molar-refractivity contribution in [3.63, 3.8) is 0 Å². The molecule has 0 saturated heterocycles. The van der Waals surface area contributed by atoms with Gasteiger partial charge in [-0.25, -0.2) is 13.8 Å². The van der Waals surface area contributed by atoms with Crippen molar-refractivity contribution in [3.05, 3.63) is 76.9 Å². The van der Waals surface area contributed by atoms with Gasteiger partial charge in [0.25, 0.3) is 0 Å². The summed E-state index contributed by atoms with van der Waals surface area (Å²) in [6.45, 7) is 0.634. The minimum Gasteiger partial charge on any atom is -0.354 e. The van der Waals surface area contributed by atoms with E-state index in [1.807, 2.05) is 24.3 Å². The van der Waals surface area contributed by atoms with Crippen LogP contribution in [-0.4, -0.2) is 16.5 Å². The highest BCUT2D eigenvalue weighted by Gasteiger charge is 2.04. The molecular formula is C18H15ClF2N4. The molecule has 3 aromatic rings. The third kappa shape index (κ3) is 4.87. The van der Waals surface area contributed by atoms with Crippen LogP contribution in [0.1, 0.15) is 5.56 Å². The second-order valence-electron chi connectivity index (χ2n) is 5.33. The van der Waals surface area contributed by atoms with E-state index in [1.165, 1.54) is 6.07 Å². The van der Waals surface area contributed by atoms with Crippen molar-refractivity contribution in [3.8, 4) is 0 Å². The van der Waals surface area contributed by atoms with Crippen molar-refractivity contribution >= 4 is 29.1 Å². The van der Waals surface area contributed by atoms with Crippen LogP contribution in [0.15, 0.2) is 54.7 Å². The first-order valence-electron chi connectivity index (χ1n) is 7.63. The number of nitrogens with zero attached hydrogens (tertiary/aromatic N) is 2. The standard InChI is InChI=1S/C18H15ClF2N4/c19-13-3-1-2-12(10-13)6-8-22-18-23-9-7-17(25-18)24-14-4-5-15(20)16(21)11-14/h1-5,7,9-11H,6,8H2,(H2,22,23,24,25). The molecule has 25 heavy (non-hydrogen) atoms. The van der Waals surface area contributed by atoms with E-state index in [9.17, 15) is 8.78 Å². The van der Waals surface area contributed by atoms with Crippen molar-refractivity contribution in [2.75, 3.05) is 17.2 Å². The van der Waals surface area contributed by atoms with Gasteiger partial charge < -0.3 is 10.6 Å². The third-order valence-corrected chi connectivity index (χ3v) is 3.67. The molecule has 0 bridgehead atoms. The minimum atomic E-state index is -0.918. The van der Waals surface area contributed by atoms with E-state index in [0.717, 1.165) is 24.1 Å². The summed E-state index contributed by atoms with van der Waals surface area (Å²) in [4.78, 5) is 8.43. The highest BCUT2D eigenvalue weighted by atomic mass is 35.5. The number of halogens is 3. The zero-order chi connectivity index (χ0) is 17.6. The van der Waals surface area contributed by atoms with Gasteiger partial charge in [0.1, 0.15) is 5.82 Å². The fraction of sp³-hybridized carbons (Fsp3) is 0.111. The van der Waals surface area contributed by atoms with E-state index in [0.29, 0.717) is 29.0 Å². The average Bonchev–Trinajstić information content (AvgIpc) is 2.59. The summed E-state index contributed by atoms with van der Waals surface area (Å²) in [6.07, 6.45) is 2.35. The largest absolute Gasteiger partial charge is 0.354 e. The Morgan fingerprint density at radius 3 is 2.68 bits per heavy atom. The molecule has 0 aliphatic heterocycles. The maximum absolute atomic E-state index is 13.2. The van der Waals surface area contributed by atoms with Crippen LogP contribution in [-0.2, 0) is 6.42 Å². The monoisotopic (exact) mass is 360 g/mol. The Morgan fingerprint density at radius 1 is 1.00 bits per heavy atom. The zero-order valence-corrected chi connectivity index (χ0v) is 13.9. The third-order valence-electron chi connectivity index (χ3n) is 3.43. The number of rotatable bonds is 6. The van der Waals surface area contributed by atoms with Gasteiger partial charge in [0.05, 0.1) is 0 Å². The minimum absolute atomic E-state index is 0.405. The first-order valence-corrected chi connectivity index (χ1v) is 8.01. The zero-order valence-electron chi connectivity index (χ0n) is 13.1. The summed E-state index contributed by atoms with van der Waals surface area (Å²) in [5, 5.41) is 6.73. The molecule has 0 aliphatic carbocycles. The molecule has 0 spiro atoms. The van der Waals surface area contributed by atoms with Gasteiger partial charge in [-0.2, -0.15) is 4.98 Å². The van der Waals surface area contributed by atoms with Crippen LogP contribution >= 0.6 is 11.6 Å². The van der Waals surface area contributed by atoms with Gasteiger partial charge >= 0.3 is 0 Å². The average molecular weight is 361 g/mol. The fourth-order valence-corrected chi connectivity index (χ4v) is 2.46. The number of anilines is 3. The first-order chi connectivity index (χ1) is 12.1. The lowest BCUT2D eigenvalue weighted by molar-refractivity contribution is 0.509. The smallest absolute Gasteiger partial charge is 0.224 e. The van der Waals surface area contributed by atoms with Gasteiger partial charge in [-0.15, -0.1) is 0 Å². The molecular weight excluding hydrogens is 346 g/mol. The Morgan fingerprint density at radius 2 is 1.88 bits per heavy atom. The van der Waals surface area contributed by atoms with Crippen LogP contribution < -0.4 is 10.6 Å². The number of hydrogen-bond donors (Lipinski definition) is 2. The van der Waals surface area contributed by atoms with Gasteiger partial charge in [-0.05, 0) is 42.3 Å². The first kappa shape index (κ1) is 17.1. The van der Waals surface area contributed by atoms with Crippen molar-refractivity contribution in [1.29, 1.82) is 0 Å².